The molecule has 32 heavy (non-hydrogen) atoms. The number of para-hydroxylation sites is 1. The lowest BCUT2D eigenvalue weighted by atomic mass is 9.90. The van der Waals surface area contributed by atoms with Crippen LogP contribution in [-0.4, -0.2) is 40.9 Å². The Balaban J connectivity index is 1.62. The highest BCUT2D eigenvalue weighted by Gasteiger charge is 2.22. The Bertz CT molecular complexity index is 1300. The standard InChI is InChI=1S/C24H23ClN4O3/c1-32-13-12-29-23(30)11-10-22(28-29)24(31)27-15-18(16-6-2-4-8-20(16)25)19-14-26-21-9-5-3-7-17(19)21/h2-11,14,18,26H,12-13,15H2,1H3,(H,27,31). The van der Waals surface area contributed by atoms with Crippen LogP contribution in [0.5, 0.6) is 0 Å². The van der Waals surface area contributed by atoms with Crippen molar-refractivity contribution in [3.05, 3.63) is 99.1 Å². The van der Waals surface area contributed by atoms with Gasteiger partial charge in [-0.25, -0.2) is 4.68 Å². The molecule has 2 aromatic heterocycles. The summed E-state index contributed by atoms with van der Waals surface area (Å²) in [7, 11) is 1.54. The Labute approximate surface area is 190 Å². The van der Waals surface area contributed by atoms with Crippen LogP contribution in [0, 0.1) is 0 Å². The normalized spacial score (nSPS) is 12.1. The summed E-state index contributed by atoms with van der Waals surface area (Å²) < 4.78 is 6.23. The Morgan fingerprint density at radius 1 is 1.12 bits per heavy atom. The van der Waals surface area contributed by atoms with E-state index >= 15 is 0 Å². The minimum atomic E-state index is -0.368. The number of benzene rings is 2. The number of carbonyl (C=O) groups excluding carboxylic acids is 1. The first-order valence-electron chi connectivity index (χ1n) is 10.2. The molecule has 0 bridgehead atoms. The van der Waals surface area contributed by atoms with Crippen LogP contribution in [0.3, 0.4) is 0 Å². The van der Waals surface area contributed by atoms with E-state index in [4.69, 9.17) is 16.3 Å². The summed E-state index contributed by atoms with van der Waals surface area (Å²) in [6, 6.07) is 18.4. The fourth-order valence-electron chi connectivity index (χ4n) is 3.72. The molecular weight excluding hydrogens is 428 g/mol. The third-order valence-electron chi connectivity index (χ3n) is 5.35. The third kappa shape index (κ3) is 4.59. The number of rotatable bonds is 8. The number of hydrogen-bond acceptors (Lipinski definition) is 4. The van der Waals surface area contributed by atoms with Gasteiger partial charge in [0.25, 0.3) is 11.5 Å². The lowest BCUT2D eigenvalue weighted by molar-refractivity contribution is 0.0943. The maximum absolute atomic E-state index is 12.9. The van der Waals surface area contributed by atoms with Crippen molar-refractivity contribution in [2.24, 2.45) is 0 Å². The highest BCUT2D eigenvalue weighted by atomic mass is 35.5. The number of hydrogen-bond donors (Lipinski definition) is 2. The Hall–Kier alpha value is -3.42. The smallest absolute Gasteiger partial charge is 0.271 e. The van der Waals surface area contributed by atoms with E-state index in [1.807, 2.05) is 54.7 Å². The lowest BCUT2D eigenvalue weighted by Crippen LogP contribution is -2.32. The van der Waals surface area contributed by atoms with Crippen molar-refractivity contribution in [3.8, 4) is 0 Å². The highest BCUT2D eigenvalue weighted by Crippen LogP contribution is 2.34. The summed E-state index contributed by atoms with van der Waals surface area (Å²) in [5.41, 5.74) is 2.84. The van der Waals surface area contributed by atoms with Gasteiger partial charge < -0.3 is 15.0 Å². The number of halogens is 1. The van der Waals surface area contributed by atoms with E-state index in [9.17, 15) is 9.59 Å². The maximum Gasteiger partial charge on any atom is 0.271 e. The van der Waals surface area contributed by atoms with Gasteiger partial charge in [0.2, 0.25) is 0 Å². The van der Waals surface area contributed by atoms with Gasteiger partial charge in [0.05, 0.1) is 13.2 Å². The number of fused-ring (bicyclic) bond motifs is 1. The first kappa shape index (κ1) is 21.8. The van der Waals surface area contributed by atoms with Gasteiger partial charge in [-0.3, -0.25) is 9.59 Å². The van der Waals surface area contributed by atoms with Crippen LogP contribution in [0.25, 0.3) is 10.9 Å². The van der Waals surface area contributed by atoms with Crippen molar-refractivity contribution in [2.45, 2.75) is 12.5 Å². The first-order chi connectivity index (χ1) is 15.6. The van der Waals surface area contributed by atoms with E-state index in [2.05, 4.69) is 15.4 Å². The molecule has 0 radical (unpaired) electrons. The number of aromatic amines is 1. The van der Waals surface area contributed by atoms with Gasteiger partial charge in [0.15, 0.2) is 0 Å². The number of H-pyrrole nitrogens is 1. The van der Waals surface area contributed by atoms with Crippen molar-refractivity contribution in [1.82, 2.24) is 20.1 Å². The zero-order valence-corrected chi connectivity index (χ0v) is 18.3. The van der Waals surface area contributed by atoms with Crippen LogP contribution in [0.2, 0.25) is 5.02 Å². The highest BCUT2D eigenvalue weighted by molar-refractivity contribution is 6.31. The number of nitrogens with one attached hydrogen (secondary N) is 2. The fourth-order valence-corrected chi connectivity index (χ4v) is 3.99. The zero-order valence-electron chi connectivity index (χ0n) is 17.5. The topological polar surface area (TPSA) is 89.0 Å². The summed E-state index contributed by atoms with van der Waals surface area (Å²) in [5, 5.41) is 8.83. The fraction of sp³-hybridized carbons (Fsp3) is 0.208. The molecule has 2 heterocycles. The van der Waals surface area contributed by atoms with Crippen molar-refractivity contribution >= 4 is 28.4 Å². The van der Waals surface area contributed by atoms with Gasteiger partial charge >= 0.3 is 0 Å². The average molecular weight is 451 g/mol. The van der Waals surface area contributed by atoms with E-state index in [0.717, 1.165) is 22.0 Å². The molecule has 4 aromatic rings. The number of aromatic nitrogens is 3. The van der Waals surface area contributed by atoms with Gasteiger partial charge in [-0.2, -0.15) is 5.10 Å². The molecule has 8 heteroatoms. The Morgan fingerprint density at radius 2 is 1.91 bits per heavy atom. The van der Waals surface area contributed by atoms with Crippen molar-refractivity contribution < 1.29 is 9.53 Å². The number of amides is 1. The van der Waals surface area contributed by atoms with Gasteiger partial charge in [0.1, 0.15) is 5.69 Å². The van der Waals surface area contributed by atoms with E-state index in [1.54, 1.807) is 7.11 Å². The van der Waals surface area contributed by atoms with Crippen LogP contribution in [0.15, 0.2) is 71.7 Å². The molecule has 1 amide bonds. The average Bonchev–Trinajstić information content (AvgIpc) is 3.23. The van der Waals surface area contributed by atoms with E-state index in [0.29, 0.717) is 18.2 Å². The lowest BCUT2D eigenvalue weighted by Gasteiger charge is -2.19. The minimum absolute atomic E-state index is 0.164. The summed E-state index contributed by atoms with van der Waals surface area (Å²) >= 11 is 6.52. The van der Waals surface area contributed by atoms with Crippen molar-refractivity contribution in [1.29, 1.82) is 0 Å². The van der Waals surface area contributed by atoms with Crippen LogP contribution >= 0.6 is 11.6 Å². The summed E-state index contributed by atoms with van der Waals surface area (Å²) in [4.78, 5) is 28.1. The van der Waals surface area contributed by atoms with E-state index in [-0.39, 0.29) is 29.6 Å². The monoisotopic (exact) mass is 450 g/mol. The van der Waals surface area contributed by atoms with Crippen LogP contribution in [0.4, 0.5) is 0 Å². The number of carbonyl (C=O) groups is 1. The molecule has 0 aliphatic rings. The maximum atomic E-state index is 12.9. The SMILES string of the molecule is COCCn1nc(C(=O)NCC(c2ccccc2Cl)c2c[nH]c3ccccc23)ccc1=O. The predicted molar refractivity (Wildman–Crippen MR) is 124 cm³/mol. The van der Waals surface area contributed by atoms with Gasteiger partial charge in [-0.05, 0) is 29.3 Å². The molecule has 2 aromatic carbocycles. The third-order valence-corrected chi connectivity index (χ3v) is 5.69. The second-order valence-electron chi connectivity index (χ2n) is 7.35. The molecule has 4 rings (SSSR count). The van der Waals surface area contributed by atoms with Crippen molar-refractivity contribution in [3.63, 3.8) is 0 Å². The molecule has 2 N–H and O–H groups in total. The Morgan fingerprint density at radius 3 is 2.72 bits per heavy atom. The van der Waals surface area contributed by atoms with Gasteiger partial charge in [0, 0.05) is 47.8 Å². The molecule has 0 saturated heterocycles. The molecule has 0 spiro atoms. The van der Waals surface area contributed by atoms with Crippen LogP contribution in [-0.2, 0) is 11.3 Å². The summed E-state index contributed by atoms with van der Waals surface area (Å²) in [5.74, 6) is -0.545. The largest absolute Gasteiger partial charge is 0.383 e. The molecule has 0 aliphatic carbocycles. The number of ether oxygens (including phenoxy) is 1. The van der Waals surface area contributed by atoms with E-state index in [1.165, 1.54) is 16.8 Å². The molecule has 1 unspecified atom stereocenters. The predicted octanol–water partition coefficient (Wildman–Crippen LogP) is 3.59. The zero-order chi connectivity index (χ0) is 22.5. The molecule has 0 saturated carbocycles. The molecule has 0 aliphatic heterocycles. The quantitative estimate of drug-likeness (QED) is 0.429. The second kappa shape index (κ2) is 9.80. The molecule has 164 valence electrons. The van der Waals surface area contributed by atoms with Gasteiger partial charge in [-0.1, -0.05) is 48.0 Å². The molecular formula is C24H23ClN4O3. The first-order valence-corrected chi connectivity index (χ1v) is 10.6. The Kier molecular flexibility index (Phi) is 6.68. The molecule has 1 atom stereocenters. The molecule has 0 fully saturated rings. The van der Waals surface area contributed by atoms with Crippen molar-refractivity contribution in [2.75, 3.05) is 20.3 Å². The molecule has 7 nitrogen and oxygen atoms in total. The summed E-state index contributed by atoms with van der Waals surface area (Å²) in [6.45, 7) is 0.907. The van der Waals surface area contributed by atoms with Gasteiger partial charge in [-0.15, -0.1) is 0 Å². The van der Waals surface area contributed by atoms with E-state index < -0.39 is 0 Å². The number of methoxy groups -OCH3 is 1. The summed E-state index contributed by atoms with van der Waals surface area (Å²) in [6.07, 6.45) is 1.95. The second-order valence-corrected chi connectivity index (χ2v) is 7.75. The number of nitrogens with zero attached hydrogens (tertiary/aromatic N) is 2. The van der Waals surface area contributed by atoms with Crippen LogP contribution in [0.1, 0.15) is 27.5 Å². The minimum Gasteiger partial charge on any atom is -0.383 e. The van der Waals surface area contributed by atoms with Crippen LogP contribution < -0.4 is 10.9 Å².